The Hall–Kier alpha value is -2.00. The van der Waals surface area contributed by atoms with Crippen LogP contribution in [-0.4, -0.2) is 56.9 Å². The highest BCUT2D eigenvalue weighted by Gasteiger charge is 2.31. The van der Waals surface area contributed by atoms with Gasteiger partial charge in [-0.15, -0.1) is 11.3 Å². The zero-order valence-electron chi connectivity index (χ0n) is 15.4. The summed E-state index contributed by atoms with van der Waals surface area (Å²) in [6.07, 6.45) is 4.27. The predicted molar refractivity (Wildman–Crippen MR) is 113 cm³/mol. The van der Waals surface area contributed by atoms with E-state index in [1.54, 1.807) is 0 Å². The standard InChI is InChI=1S/C19H21BrN6OS/c20-14-11-28-18(22-14)17-21-13-5-6-15(23-16(13)24-17)26-9-3-4-12(10-26)19(27)25-7-1-2-8-25/h5-6,11-12H,1-4,7-10H2,(H,21,23,24)/t12-/m1/s1. The van der Waals surface area contributed by atoms with Crippen molar-refractivity contribution in [3.63, 3.8) is 0 Å². The molecule has 0 radical (unpaired) electrons. The molecule has 146 valence electrons. The van der Waals surface area contributed by atoms with Crippen molar-refractivity contribution < 1.29 is 4.79 Å². The Morgan fingerprint density at radius 2 is 2.00 bits per heavy atom. The molecule has 28 heavy (non-hydrogen) atoms. The first-order valence-corrected chi connectivity index (χ1v) is 11.4. The Morgan fingerprint density at radius 3 is 2.79 bits per heavy atom. The fraction of sp³-hybridized carbons (Fsp3) is 0.474. The van der Waals surface area contributed by atoms with Crippen molar-refractivity contribution in [3.05, 3.63) is 22.1 Å². The molecule has 2 fully saturated rings. The number of rotatable bonds is 3. The third-order valence-corrected chi connectivity index (χ3v) is 7.08. The molecule has 2 aliphatic rings. The van der Waals surface area contributed by atoms with Crippen molar-refractivity contribution in [1.82, 2.24) is 24.8 Å². The molecule has 0 spiro atoms. The summed E-state index contributed by atoms with van der Waals surface area (Å²) in [6.45, 7) is 3.52. The molecule has 3 aromatic heterocycles. The summed E-state index contributed by atoms with van der Waals surface area (Å²) in [5.74, 6) is 2.04. The van der Waals surface area contributed by atoms with Crippen LogP contribution in [-0.2, 0) is 4.79 Å². The van der Waals surface area contributed by atoms with Crippen LogP contribution in [0.2, 0.25) is 0 Å². The smallest absolute Gasteiger partial charge is 0.227 e. The number of aromatic nitrogens is 4. The first-order chi connectivity index (χ1) is 13.7. The van der Waals surface area contributed by atoms with Gasteiger partial charge in [0.15, 0.2) is 16.5 Å². The zero-order valence-corrected chi connectivity index (χ0v) is 17.8. The molecular weight excluding hydrogens is 440 g/mol. The van der Waals surface area contributed by atoms with Gasteiger partial charge in [0.25, 0.3) is 0 Å². The van der Waals surface area contributed by atoms with Crippen LogP contribution in [0.15, 0.2) is 22.1 Å². The van der Waals surface area contributed by atoms with Crippen molar-refractivity contribution in [2.75, 3.05) is 31.1 Å². The Kier molecular flexibility index (Phi) is 4.80. The quantitative estimate of drug-likeness (QED) is 0.644. The van der Waals surface area contributed by atoms with E-state index in [-0.39, 0.29) is 5.92 Å². The third-order valence-electron chi connectivity index (χ3n) is 5.52. The number of carbonyl (C=O) groups excluding carboxylic acids is 1. The Bertz CT molecular complexity index is 1010. The normalized spacial score (nSPS) is 20.2. The average Bonchev–Trinajstić information content (AvgIpc) is 3.47. The van der Waals surface area contributed by atoms with Gasteiger partial charge in [0.1, 0.15) is 15.9 Å². The number of carbonyl (C=O) groups is 1. The molecule has 0 aromatic carbocycles. The van der Waals surface area contributed by atoms with Crippen LogP contribution in [0.25, 0.3) is 22.0 Å². The lowest BCUT2D eigenvalue weighted by Crippen LogP contribution is -2.44. The van der Waals surface area contributed by atoms with Gasteiger partial charge in [0, 0.05) is 31.6 Å². The van der Waals surface area contributed by atoms with E-state index in [1.807, 2.05) is 22.4 Å². The number of hydrogen-bond donors (Lipinski definition) is 1. The largest absolute Gasteiger partial charge is 0.356 e. The molecule has 1 N–H and O–H groups in total. The lowest BCUT2D eigenvalue weighted by atomic mass is 9.96. The fourth-order valence-corrected chi connectivity index (χ4v) is 5.30. The van der Waals surface area contributed by atoms with Crippen LogP contribution in [0.3, 0.4) is 0 Å². The number of fused-ring (bicyclic) bond motifs is 1. The van der Waals surface area contributed by atoms with E-state index in [2.05, 4.69) is 35.8 Å². The van der Waals surface area contributed by atoms with Crippen molar-refractivity contribution in [2.45, 2.75) is 25.7 Å². The number of anilines is 1. The summed E-state index contributed by atoms with van der Waals surface area (Å²) in [5.41, 5.74) is 1.58. The molecule has 1 amide bonds. The van der Waals surface area contributed by atoms with Gasteiger partial charge in [-0.25, -0.2) is 15.0 Å². The molecule has 7 nitrogen and oxygen atoms in total. The number of H-pyrrole nitrogens is 1. The molecule has 1 atom stereocenters. The zero-order chi connectivity index (χ0) is 19.1. The third kappa shape index (κ3) is 3.41. The fourth-order valence-electron chi connectivity index (χ4n) is 4.11. The number of pyridine rings is 1. The van der Waals surface area contributed by atoms with Crippen LogP contribution >= 0.6 is 27.3 Å². The Morgan fingerprint density at radius 1 is 1.14 bits per heavy atom. The predicted octanol–water partition coefficient (Wildman–Crippen LogP) is 3.68. The minimum atomic E-state index is 0.0781. The number of piperidine rings is 1. The summed E-state index contributed by atoms with van der Waals surface area (Å²) in [5, 5.41) is 2.77. The highest BCUT2D eigenvalue weighted by Crippen LogP contribution is 2.28. The van der Waals surface area contributed by atoms with E-state index in [4.69, 9.17) is 4.98 Å². The number of nitrogens with zero attached hydrogens (tertiary/aromatic N) is 5. The Balaban J connectivity index is 1.37. The maximum atomic E-state index is 12.8. The molecular formula is C19H21BrN6OS. The van der Waals surface area contributed by atoms with Crippen LogP contribution in [0.1, 0.15) is 25.7 Å². The molecule has 0 saturated carbocycles. The molecule has 0 bridgehead atoms. The second kappa shape index (κ2) is 7.44. The first kappa shape index (κ1) is 18.1. The van der Waals surface area contributed by atoms with Crippen molar-refractivity contribution in [1.29, 1.82) is 0 Å². The molecule has 2 saturated heterocycles. The number of hydrogen-bond acceptors (Lipinski definition) is 6. The van der Waals surface area contributed by atoms with Crippen LogP contribution in [0, 0.1) is 5.92 Å². The van der Waals surface area contributed by atoms with E-state index in [1.165, 1.54) is 11.3 Å². The Labute approximate surface area is 175 Å². The minimum absolute atomic E-state index is 0.0781. The number of halogens is 1. The first-order valence-electron chi connectivity index (χ1n) is 9.69. The number of thiazole rings is 1. The maximum Gasteiger partial charge on any atom is 0.227 e. The summed E-state index contributed by atoms with van der Waals surface area (Å²) in [6, 6.07) is 4.00. The second-order valence-corrected chi connectivity index (χ2v) is 9.09. The van der Waals surface area contributed by atoms with E-state index < -0.39 is 0 Å². The van der Waals surface area contributed by atoms with E-state index in [9.17, 15) is 4.79 Å². The SMILES string of the molecule is O=C([C@@H]1CCCN(c2ccc3nc(-c4nc(Br)cs4)[nH]c3n2)C1)N1CCCC1. The van der Waals surface area contributed by atoms with Gasteiger partial charge >= 0.3 is 0 Å². The second-order valence-electron chi connectivity index (χ2n) is 7.42. The van der Waals surface area contributed by atoms with Gasteiger partial charge in [-0.05, 0) is 53.7 Å². The maximum absolute atomic E-state index is 12.8. The molecule has 0 aliphatic carbocycles. The molecule has 0 unspecified atom stereocenters. The highest BCUT2D eigenvalue weighted by atomic mass is 79.9. The number of nitrogens with one attached hydrogen (secondary N) is 1. The van der Waals surface area contributed by atoms with Crippen molar-refractivity contribution >= 4 is 50.2 Å². The number of amides is 1. The van der Waals surface area contributed by atoms with Crippen molar-refractivity contribution in [3.8, 4) is 10.8 Å². The molecule has 9 heteroatoms. The molecule has 3 aromatic rings. The van der Waals surface area contributed by atoms with Crippen molar-refractivity contribution in [2.24, 2.45) is 5.92 Å². The van der Waals surface area contributed by atoms with Gasteiger partial charge in [0.05, 0.1) is 5.92 Å². The van der Waals surface area contributed by atoms with Crippen LogP contribution < -0.4 is 4.90 Å². The summed E-state index contributed by atoms with van der Waals surface area (Å²) >= 11 is 4.92. The van der Waals surface area contributed by atoms with Crippen LogP contribution in [0.4, 0.5) is 5.82 Å². The monoisotopic (exact) mass is 460 g/mol. The van der Waals surface area contributed by atoms with E-state index in [0.717, 1.165) is 84.3 Å². The van der Waals surface area contributed by atoms with Gasteiger partial charge < -0.3 is 14.8 Å². The van der Waals surface area contributed by atoms with Gasteiger partial charge in [-0.2, -0.15) is 0 Å². The summed E-state index contributed by atoms with van der Waals surface area (Å²) < 4.78 is 0.809. The van der Waals surface area contributed by atoms with Gasteiger partial charge in [0.2, 0.25) is 5.91 Å². The number of likely N-dealkylation sites (tertiary alicyclic amines) is 1. The topological polar surface area (TPSA) is 78.0 Å². The molecule has 5 heterocycles. The lowest BCUT2D eigenvalue weighted by Gasteiger charge is -2.34. The minimum Gasteiger partial charge on any atom is -0.356 e. The highest BCUT2D eigenvalue weighted by molar-refractivity contribution is 9.10. The molecule has 2 aliphatic heterocycles. The molecule has 5 rings (SSSR count). The van der Waals surface area contributed by atoms with Crippen LogP contribution in [0.5, 0.6) is 0 Å². The average molecular weight is 461 g/mol. The lowest BCUT2D eigenvalue weighted by molar-refractivity contribution is -0.134. The number of imidazole rings is 1. The van der Waals surface area contributed by atoms with E-state index in [0.29, 0.717) is 5.91 Å². The summed E-state index contributed by atoms with van der Waals surface area (Å²) in [4.78, 5) is 34.2. The summed E-state index contributed by atoms with van der Waals surface area (Å²) in [7, 11) is 0. The van der Waals surface area contributed by atoms with Gasteiger partial charge in [-0.1, -0.05) is 0 Å². The van der Waals surface area contributed by atoms with E-state index >= 15 is 0 Å². The number of aromatic amines is 1. The van der Waals surface area contributed by atoms with Gasteiger partial charge in [-0.3, -0.25) is 4.79 Å².